The minimum absolute atomic E-state index is 0.118. The van der Waals surface area contributed by atoms with Crippen LogP contribution in [0.25, 0.3) is 0 Å². The first kappa shape index (κ1) is 20.5. The minimum Gasteiger partial charge on any atom is -0.325 e. The lowest BCUT2D eigenvalue weighted by Crippen LogP contribution is -2.36. The zero-order chi connectivity index (χ0) is 19.3. The van der Waals surface area contributed by atoms with Gasteiger partial charge in [0.15, 0.2) is 5.13 Å². The molecule has 0 saturated heterocycles. The van der Waals surface area contributed by atoms with Gasteiger partial charge in [-0.2, -0.15) is 0 Å². The molecule has 2 aromatic rings. The van der Waals surface area contributed by atoms with E-state index in [0.29, 0.717) is 5.13 Å². The van der Waals surface area contributed by atoms with Crippen LogP contribution in [0.4, 0.5) is 10.8 Å². The highest BCUT2D eigenvalue weighted by molar-refractivity contribution is 9.10. The number of rotatable bonds is 7. The summed E-state index contributed by atoms with van der Waals surface area (Å²) in [6.07, 6.45) is 0.841. The van der Waals surface area contributed by atoms with Gasteiger partial charge in [0.2, 0.25) is 11.8 Å². The van der Waals surface area contributed by atoms with E-state index in [9.17, 15) is 9.59 Å². The maximum Gasteiger partial charge on any atom is 0.240 e. The first-order valence-corrected chi connectivity index (χ1v) is 9.90. The summed E-state index contributed by atoms with van der Waals surface area (Å²) in [6, 6.07) is 5.66. The van der Waals surface area contributed by atoms with E-state index in [0.717, 1.165) is 32.7 Å². The predicted octanol–water partition coefficient (Wildman–Crippen LogP) is 3.59. The van der Waals surface area contributed by atoms with Crippen molar-refractivity contribution in [3.63, 3.8) is 0 Å². The molecule has 0 spiro atoms. The molecule has 0 bridgehead atoms. The fourth-order valence-electron chi connectivity index (χ4n) is 2.47. The molecule has 0 aliphatic carbocycles. The molecule has 8 heteroatoms. The van der Waals surface area contributed by atoms with Gasteiger partial charge >= 0.3 is 0 Å². The van der Waals surface area contributed by atoms with Crippen molar-refractivity contribution in [2.24, 2.45) is 0 Å². The molecule has 1 aromatic carbocycles. The number of amides is 2. The van der Waals surface area contributed by atoms with Gasteiger partial charge in [-0.1, -0.05) is 22.9 Å². The third-order valence-corrected chi connectivity index (χ3v) is 5.19. The highest BCUT2D eigenvalue weighted by Gasteiger charge is 2.14. The van der Waals surface area contributed by atoms with Crippen LogP contribution in [0.1, 0.15) is 23.1 Å². The van der Waals surface area contributed by atoms with E-state index in [4.69, 9.17) is 0 Å². The molecule has 2 rings (SSSR count). The highest BCUT2D eigenvalue weighted by atomic mass is 79.9. The van der Waals surface area contributed by atoms with Gasteiger partial charge in [-0.15, -0.1) is 11.3 Å². The van der Waals surface area contributed by atoms with Crippen LogP contribution in [0, 0.1) is 13.8 Å². The number of carbonyl (C=O) groups is 2. The van der Waals surface area contributed by atoms with E-state index in [1.54, 1.807) is 11.9 Å². The largest absolute Gasteiger partial charge is 0.325 e. The molecule has 2 N–H and O–H groups in total. The Morgan fingerprint density at radius 3 is 2.42 bits per heavy atom. The van der Waals surface area contributed by atoms with Crippen LogP contribution in [0.2, 0.25) is 0 Å². The van der Waals surface area contributed by atoms with Crippen molar-refractivity contribution in [2.45, 2.75) is 27.2 Å². The summed E-state index contributed by atoms with van der Waals surface area (Å²) in [5, 5.41) is 6.27. The molecular formula is C18H23BrN4O2S. The Morgan fingerprint density at radius 1 is 1.19 bits per heavy atom. The molecule has 2 amide bonds. The topological polar surface area (TPSA) is 74.3 Å². The SMILES string of the molecule is CCc1nc(NC(=O)CN(C)CC(=O)Nc2ccc(Br)cc2C)sc1C. The Hall–Kier alpha value is -1.77. The van der Waals surface area contributed by atoms with E-state index in [1.807, 2.05) is 39.0 Å². The summed E-state index contributed by atoms with van der Waals surface area (Å²) in [5.41, 5.74) is 2.74. The first-order valence-electron chi connectivity index (χ1n) is 8.29. The predicted molar refractivity (Wildman–Crippen MR) is 110 cm³/mol. The average molecular weight is 439 g/mol. The van der Waals surface area contributed by atoms with Crippen molar-refractivity contribution < 1.29 is 9.59 Å². The van der Waals surface area contributed by atoms with Crippen molar-refractivity contribution in [1.82, 2.24) is 9.88 Å². The summed E-state index contributed by atoms with van der Waals surface area (Å²) in [6.45, 7) is 6.20. The maximum absolute atomic E-state index is 12.2. The van der Waals surface area contributed by atoms with E-state index < -0.39 is 0 Å². The Balaban J connectivity index is 1.83. The number of nitrogens with zero attached hydrogens (tertiary/aromatic N) is 2. The van der Waals surface area contributed by atoms with Crippen molar-refractivity contribution in [3.8, 4) is 0 Å². The summed E-state index contributed by atoms with van der Waals surface area (Å²) >= 11 is 4.87. The molecule has 6 nitrogen and oxygen atoms in total. The Bertz CT molecular complexity index is 806. The number of hydrogen-bond acceptors (Lipinski definition) is 5. The number of aryl methyl sites for hydroxylation is 3. The summed E-state index contributed by atoms with van der Waals surface area (Å²) in [7, 11) is 1.73. The van der Waals surface area contributed by atoms with Crippen LogP contribution in [0.5, 0.6) is 0 Å². The van der Waals surface area contributed by atoms with Crippen molar-refractivity contribution >= 4 is 49.9 Å². The number of likely N-dealkylation sites (N-methyl/N-ethyl adjacent to an activating group) is 1. The summed E-state index contributed by atoms with van der Waals surface area (Å²) < 4.78 is 0.963. The van der Waals surface area contributed by atoms with Crippen LogP contribution in [0.15, 0.2) is 22.7 Å². The van der Waals surface area contributed by atoms with Crippen LogP contribution < -0.4 is 10.6 Å². The van der Waals surface area contributed by atoms with Gasteiger partial charge in [-0.05, 0) is 51.1 Å². The molecule has 140 valence electrons. The van der Waals surface area contributed by atoms with Crippen molar-refractivity contribution in [3.05, 3.63) is 38.8 Å². The number of thiazole rings is 1. The molecule has 0 atom stereocenters. The maximum atomic E-state index is 12.2. The minimum atomic E-state index is -0.184. The number of carbonyl (C=O) groups excluding carboxylic acids is 2. The lowest BCUT2D eigenvalue weighted by Gasteiger charge is -2.16. The highest BCUT2D eigenvalue weighted by Crippen LogP contribution is 2.22. The average Bonchev–Trinajstić information content (AvgIpc) is 2.89. The van der Waals surface area contributed by atoms with Crippen LogP contribution in [-0.4, -0.2) is 41.8 Å². The monoisotopic (exact) mass is 438 g/mol. The number of benzene rings is 1. The first-order chi connectivity index (χ1) is 12.3. The Morgan fingerprint density at radius 2 is 1.85 bits per heavy atom. The molecule has 0 radical (unpaired) electrons. The van der Waals surface area contributed by atoms with E-state index >= 15 is 0 Å². The van der Waals surface area contributed by atoms with Gasteiger partial charge in [0, 0.05) is 15.0 Å². The molecule has 0 saturated carbocycles. The van der Waals surface area contributed by atoms with Crippen molar-refractivity contribution in [1.29, 1.82) is 0 Å². The lowest BCUT2D eigenvalue weighted by molar-refractivity contribution is -0.119. The normalized spacial score (nSPS) is 10.8. The van der Waals surface area contributed by atoms with Gasteiger partial charge < -0.3 is 10.6 Å². The van der Waals surface area contributed by atoms with E-state index in [1.165, 1.54) is 11.3 Å². The Labute approximate surface area is 166 Å². The van der Waals surface area contributed by atoms with Gasteiger partial charge in [0.1, 0.15) is 0 Å². The fourth-order valence-corrected chi connectivity index (χ4v) is 3.87. The second-order valence-electron chi connectivity index (χ2n) is 6.10. The standard InChI is InChI=1S/C18H23BrN4O2S/c1-5-14-12(3)26-18(21-14)22-17(25)10-23(4)9-16(24)20-15-7-6-13(19)8-11(15)2/h6-8H,5,9-10H2,1-4H3,(H,20,24)(H,21,22,25). The lowest BCUT2D eigenvalue weighted by atomic mass is 10.2. The molecule has 0 unspecified atom stereocenters. The second kappa shape index (κ2) is 9.25. The van der Waals surface area contributed by atoms with E-state index in [2.05, 4.69) is 31.5 Å². The molecule has 0 aliphatic rings. The summed E-state index contributed by atoms with van der Waals surface area (Å²) in [5.74, 6) is -0.347. The number of nitrogens with one attached hydrogen (secondary N) is 2. The number of hydrogen-bond donors (Lipinski definition) is 2. The third kappa shape index (κ3) is 5.89. The Kier molecular flexibility index (Phi) is 7.31. The van der Waals surface area contributed by atoms with E-state index in [-0.39, 0.29) is 24.9 Å². The van der Waals surface area contributed by atoms with Gasteiger partial charge in [-0.25, -0.2) is 4.98 Å². The van der Waals surface area contributed by atoms with Crippen LogP contribution >= 0.6 is 27.3 Å². The summed E-state index contributed by atoms with van der Waals surface area (Å²) in [4.78, 5) is 31.5. The number of halogens is 1. The smallest absolute Gasteiger partial charge is 0.240 e. The molecule has 0 aliphatic heterocycles. The van der Waals surface area contributed by atoms with Crippen LogP contribution in [-0.2, 0) is 16.0 Å². The quantitative estimate of drug-likeness (QED) is 0.692. The zero-order valence-corrected chi connectivity index (χ0v) is 17.8. The second-order valence-corrected chi connectivity index (χ2v) is 8.22. The number of anilines is 2. The molecule has 26 heavy (non-hydrogen) atoms. The molecule has 1 aromatic heterocycles. The van der Waals surface area contributed by atoms with Crippen molar-refractivity contribution in [2.75, 3.05) is 30.8 Å². The van der Waals surface area contributed by atoms with Crippen LogP contribution in [0.3, 0.4) is 0 Å². The van der Waals surface area contributed by atoms with Gasteiger partial charge in [-0.3, -0.25) is 14.5 Å². The third-order valence-electron chi connectivity index (χ3n) is 3.76. The van der Waals surface area contributed by atoms with Gasteiger partial charge in [0.05, 0.1) is 18.8 Å². The zero-order valence-electron chi connectivity index (χ0n) is 15.4. The van der Waals surface area contributed by atoms with Gasteiger partial charge in [0.25, 0.3) is 0 Å². The molecular weight excluding hydrogens is 416 g/mol. The molecule has 0 fully saturated rings. The molecule has 1 heterocycles. The fraction of sp³-hybridized carbons (Fsp3) is 0.389. The number of aromatic nitrogens is 1.